The van der Waals surface area contributed by atoms with E-state index < -0.39 is 0 Å². The number of methoxy groups -OCH3 is 1. The average Bonchev–Trinajstić information content (AvgIpc) is 2.29. The van der Waals surface area contributed by atoms with Crippen molar-refractivity contribution in [1.82, 2.24) is 10.6 Å². The van der Waals surface area contributed by atoms with Gasteiger partial charge in [-0.25, -0.2) is 0 Å². The number of hydrogen-bond donors (Lipinski definition) is 2. The second kappa shape index (κ2) is 9.13. The van der Waals surface area contributed by atoms with E-state index in [1.807, 2.05) is 0 Å². The Hall–Kier alpha value is -0.120. The van der Waals surface area contributed by atoms with E-state index in [0.29, 0.717) is 0 Å². The molecule has 0 aromatic heterocycles. The summed E-state index contributed by atoms with van der Waals surface area (Å²) >= 11 is 0. The molecular formula is C12H26N2O. The maximum atomic E-state index is 4.97. The molecule has 0 unspecified atom stereocenters. The van der Waals surface area contributed by atoms with Crippen LogP contribution in [-0.4, -0.2) is 39.4 Å². The van der Waals surface area contributed by atoms with Gasteiger partial charge in [-0.2, -0.15) is 0 Å². The summed E-state index contributed by atoms with van der Waals surface area (Å²) in [5, 5.41) is 7.00. The van der Waals surface area contributed by atoms with E-state index >= 15 is 0 Å². The zero-order valence-corrected chi connectivity index (χ0v) is 10.1. The largest absolute Gasteiger partial charge is 0.383 e. The van der Waals surface area contributed by atoms with Crippen molar-refractivity contribution in [2.75, 3.05) is 33.4 Å². The van der Waals surface area contributed by atoms with Crippen molar-refractivity contribution in [2.45, 2.75) is 44.6 Å². The molecule has 1 aliphatic carbocycles. The fourth-order valence-electron chi connectivity index (χ4n) is 2.13. The highest BCUT2D eigenvalue weighted by Gasteiger charge is 2.11. The molecule has 1 saturated carbocycles. The van der Waals surface area contributed by atoms with Crippen LogP contribution >= 0.6 is 0 Å². The number of hydrogen-bond acceptors (Lipinski definition) is 3. The number of nitrogens with one attached hydrogen (secondary N) is 2. The predicted molar refractivity (Wildman–Crippen MR) is 64.2 cm³/mol. The Labute approximate surface area is 94.0 Å². The molecule has 1 rings (SSSR count). The molecule has 0 aliphatic heterocycles. The van der Waals surface area contributed by atoms with Crippen LogP contribution in [0.5, 0.6) is 0 Å². The standard InChI is InChI=1S/C12H26N2O/c1-15-11-10-13-8-5-9-14-12-6-3-2-4-7-12/h12-14H,2-11H2,1H3. The van der Waals surface area contributed by atoms with Gasteiger partial charge < -0.3 is 15.4 Å². The lowest BCUT2D eigenvalue weighted by Crippen LogP contribution is -2.33. The average molecular weight is 214 g/mol. The Morgan fingerprint density at radius 3 is 2.60 bits per heavy atom. The molecule has 1 aliphatic rings. The van der Waals surface area contributed by atoms with Crippen LogP contribution < -0.4 is 10.6 Å². The Balaban J connectivity index is 1.79. The summed E-state index contributed by atoms with van der Waals surface area (Å²) < 4.78 is 4.97. The van der Waals surface area contributed by atoms with Crippen molar-refractivity contribution < 1.29 is 4.74 Å². The van der Waals surface area contributed by atoms with Crippen molar-refractivity contribution in [1.29, 1.82) is 0 Å². The third-order valence-electron chi connectivity index (χ3n) is 3.05. The molecule has 0 aromatic rings. The first kappa shape index (κ1) is 12.9. The molecule has 1 fully saturated rings. The van der Waals surface area contributed by atoms with E-state index in [1.165, 1.54) is 38.5 Å². The molecule has 0 bridgehead atoms. The van der Waals surface area contributed by atoms with Gasteiger partial charge in [-0.15, -0.1) is 0 Å². The summed E-state index contributed by atoms with van der Waals surface area (Å²) in [6, 6.07) is 0.803. The van der Waals surface area contributed by atoms with Crippen LogP contribution in [0.15, 0.2) is 0 Å². The molecule has 0 spiro atoms. The number of ether oxygens (including phenoxy) is 1. The Morgan fingerprint density at radius 1 is 1.07 bits per heavy atom. The molecule has 2 N–H and O–H groups in total. The van der Waals surface area contributed by atoms with E-state index in [0.717, 1.165) is 32.3 Å². The summed E-state index contributed by atoms with van der Waals surface area (Å²) in [7, 11) is 1.74. The van der Waals surface area contributed by atoms with E-state index in [9.17, 15) is 0 Å². The van der Waals surface area contributed by atoms with E-state index in [4.69, 9.17) is 4.74 Å². The van der Waals surface area contributed by atoms with Gasteiger partial charge in [0.25, 0.3) is 0 Å². The van der Waals surface area contributed by atoms with Crippen LogP contribution in [-0.2, 0) is 4.74 Å². The SMILES string of the molecule is COCCNCCCNC1CCCCC1. The van der Waals surface area contributed by atoms with Gasteiger partial charge in [0, 0.05) is 19.7 Å². The Bertz CT molecular complexity index is 136. The lowest BCUT2D eigenvalue weighted by molar-refractivity contribution is 0.199. The second-order valence-corrected chi connectivity index (χ2v) is 4.39. The van der Waals surface area contributed by atoms with Crippen molar-refractivity contribution in [3.05, 3.63) is 0 Å². The Morgan fingerprint density at radius 2 is 1.87 bits per heavy atom. The highest BCUT2D eigenvalue weighted by molar-refractivity contribution is 4.71. The molecule has 0 radical (unpaired) electrons. The van der Waals surface area contributed by atoms with Crippen LogP contribution in [0.3, 0.4) is 0 Å². The maximum absolute atomic E-state index is 4.97. The zero-order valence-electron chi connectivity index (χ0n) is 10.1. The first-order chi connectivity index (χ1) is 7.43. The summed E-state index contributed by atoms with van der Waals surface area (Å²) in [4.78, 5) is 0. The van der Waals surface area contributed by atoms with E-state index in [-0.39, 0.29) is 0 Å². The highest BCUT2D eigenvalue weighted by atomic mass is 16.5. The summed E-state index contributed by atoms with van der Waals surface area (Å²) in [5.74, 6) is 0. The monoisotopic (exact) mass is 214 g/mol. The Kier molecular flexibility index (Phi) is 7.88. The maximum Gasteiger partial charge on any atom is 0.0587 e. The summed E-state index contributed by atoms with van der Waals surface area (Å²) in [6.07, 6.45) is 8.28. The first-order valence-electron chi connectivity index (χ1n) is 6.36. The van der Waals surface area contributed by atoms with Crippen molar-refractivity contribution >= 4 is 0 Å². The summed E-state index contributed by atoms with van der Waals surface area (Å²) in [6.45, 7) is 4.05. The van der Waals surface area contributed by atoms with Gasteiger partial charge in [0.05, 0.1) is 6.61 Å². The third-order valence-corrected chi connectivity index (χ3v) is 3.05. The molecule has 15 heavy (non-hydrogen) atoms. The van der Waals surface area contributed by atoms with Crippen LogP contribution in [0.1, 0.15) is 38.5 Å². The highest BCUT2D eigenvalue weighted by Crippen LogP contribution is 2.16. The van der Waals surface area contributed by atoms with Gasteiger partial charge in [-0.1, -0.05) is 19.3 Å². The fraction of sp³-hybridized carbons (Fsp3) is 1.00. The zero-order chi connectivity index (χ0) is 10.8. The van der Waals surface area contributed by atoms with Gasteiger partial charge in [-0.05, 0) is 32.4 Å². The van der Waals surface area contributed by atoms with Crippen LogP contribution in [0.4, 0.5) is 0 Å². The van der Waals surface area contributed by atoms with Gasteiger partial charge in [0.2, 0.25) is 0 Å². The van der Waals surface area contributed by atoms with Crippen molar-refractivity contribution in [2.24, 2.45) is 0 Å². The topological polar surface area (TPSA) is 33.3 Å². The lowest BCUT2D eigenvalue weighted by Gasteiger charge is -2.22. The molecule has 3 heteroatoms. The number of rotatable bonds is 8. The van der Waals surface area contributed by atoms with Gasteiger partial charge >= 0.3 is 0 Å². The normalized spacial score (nSPS) is 18.2. The first-order valence-corrected chi connectivity index (χ1v) is 6.36. The molecule has 0 aromatic carbocycles. The molecule has 0 atom stereocenters. The molecule has 90 valence electrons. The van der Waals surface area contributed by atoms with Crippen molar-refractivity contribution in [3.8, 4) is 0 Å². The van der Waals surface area contributed by atoms with E-state index in [2.05, 4.69) is 10.6 Å². The van der Waals surface area contributed by atoms with Crippen LogP contribution in [0, 0.1) is 0 Å². The molecular weight excluding hydrogens is 188 g/mol. The summed E-state index contributed by atoms with van der Waals surface area (Å²) in [5.41, 5.74) is 0. The molecule has 0 amide bonds. The van der Waals surface area contributed by atoms with Crippen LogP contribution in [0.25, 0.3) is 0 Å². The lowest BCUT2D eigenvalue weighted by atomic mass is 9.95. The second-order valence-electron chi connectivity index (χ2n) is 4.39. The minimum atomic E-state index is 0.803. The molecule has 0 heterocycles. The predicted octanol–water partition coefficient (Wildman–Crippen LogP) is 1.53. The quantitative estimate of drug-likeness (QED) is 0.601. The van der Waals surface area contributed by atoms with Crippen LogP contribution in [0.2, 0.25) is 0 Å². The van der Waals surface area contributed by atoms with Gasteiger partial charge in [0.1, 0.15) is 0 Å². The minimum Gasteiger partial charge on any atom is -0.383 e. The third kappa shape index (κ3) is 6.88. The van der Waals surface area contributed by atoms with E-state index in [1.54, 1.807) is 7.11 Å². The molecule has 0 saturated heterocycles. The van der Waals surface area contributed by atoms with Gasteiger partial charge in [-0.3, -0.25) is 0 Å². The fourth-order valence-corrected chi connectivity index (χ4v) is 2.13. The van der Waals surface area contributed by atoms with Crippen molar-refractivity contribution in [3.63, 3.8) is 0 Å². The smallest absolute Gasteiger partial charge is 0.0587 e. The van der Waals surface area contributed by atoms with Gasteiger partial charge in [0.15, 0.2) is 0 Å². The molecule has 3 nitrogen and oxygen atoms in total. The minimum absolute atomic E-state index is 0.803.